The summed E-state index contributed by atoms with van der Waals surface area (Å²) in [7, 11) is -4.05. The number of hydrazine groups is 1. The zero-order valence-electron chi connectivity index (χ0n) is 19.5. The van der Waals surface area contributed by atoms with Crippen molar-refractivity contribution in [3.05, 3.63) is 24.3 Å². The third kappa shape index (κ3) is 4.79. The molecule has 0 radical (unpaired) electrons. The molecule has 36 heavy (non-hydrogen) atoms. The molecule has 13 heteroatoms. The van der Waals surface area contributed by atoms with Gasteiger partial charge in [-0.25, -0.2) is 18.9 Å². The molecule has 9 nitrogen and oxygen atoms in total. The zero-order valence-corrected chi connectivity index (χ0v) is 20.4. The van der Waals surface area contributed by atoms with Gasteiger partial charge in [0.2, 0.25) is 15.9 Å². The summed E-state index contributed by atoms with van der Waals surface area (Å²) < 4.78 is 65.7. The number of alkyl halides is 3. The average molecular weight is 527 g/mol. The Morgan fingerprint density at radius 1 is 1.17 bits per heavy atom. The number of hydrogen-bond acceptors (Lipinski definition) is 7. The van der Waals surface area contributed by atoms with Crippen LogP contribution in [-0.4, -0.2) is 67.7 Å². The number of nitrogens with one attached hydrogen (secondary N) is 3. The van der Waals surface area contributed by atoms with E-state index in [1.807, 2.05) is 0 Å². The van der Waals surface area contributed by atoms with E-state index in [4.69, 9.17) is 0 Å². The molecule has 1 aliphatic carbocycles. The Hall–Kier alpha value is -2.40. The number of carbonyl (C=O) groups is 1. The molecule has 1 aromatic rings. The van der Waals surface area contributed by atoms with Crippen LogP contribution in [0.25, 0.3) is 0 Å². The van der Waals surface area contributed by atoms with Crippen molar-refractivity contribution < 1.29 is 26.4 Å². The van der Waals surface area contributed by atoms with E-state index in [0.29, 0.717) is 24.6 Å². The zero-order chi connectivity index (χ0) is 25.7. The number of sulfonamides is 1. The Bertz CT molecular complexity index is 1140. The summed E-state index contributed by atoms with van der Waals surface area (Å²) in [5.74, 6) is -1.71. The Morgan fingerprint density at radius 3 is 2.50 bits per heavy atom. The first-order chi connectivity index (χ1) is 17.1. The molecule has 4 unspecified atom stereocenters. The maximum absolute atomic E-state index is 13.0. The van der Waals surface area contributed by atoms with Crippen molar-refractivity contribution in [2.75, 3.05) is 25.0 Å². The first kappa shape index (κ1) is 25.3. The van der Waals surface area contributed by atoms with Crippen molar-refractivity contribution in [3.8, 4) is 6.07 Å². The van der Waals surface area contributed by atoms with Gasteiger partial charge in [0.1, 0.15) is 6.17 Å². The van der Waals surface area contributed by atoms with Crippen molar-refractivity contribution in [2.45, 2.75) is 61.4 Å². The molecular formula is C23H29F3N6O3S. The predicted molar refractivity (Wildman–Crippen MR) is 123 cm³/mol. The van der Waals surface area contributed by atoms with Crippen LogP contribution in [0.15, 0.2) is 29.2 Å². The van der Waals surface area contributed by atoms with Crippen molar-refractivity contribution in [1.29, 1.82) is 5.26 Å². The van der Waals surface area contributed by atoms with Gasteiger partial charge in [-0.1, -0.05) is 0 Å². The Labute approximate surface area is 208 Å². The van der Waals surface area contributed by atoms with E-state index in [-0.39, 0.29) is 35.9 Å². The largest absolute Gasteiger partial charge is 0.393 e. The number of nitrogens with zero attached hydrogens (tertiary/aromatic N) is 3. The fourth-order valence-corrected chi connectivity index (χ4v) is 7.13. The maximum atomic E-state index is 13.0. The van der Waals surface area contributed by atoms with Crippen molar-refractivity contribution in [3.63, 3.8) is 0 Å². The van der Waals surface area contributed by atoms with Crippen LogP contribution in [0.5, 0.6) is 0 Å². The highest BCUT2D eigenvalue weighted by molar-refractivity contribution is 7.89. The number of halogens is 3. The van der Waals surface area contributed by atoms with Crippen LogP contribution >= 0.6 is 0 Å². The average Bonchev–Trinajstić information content (AvgIpc) is 3.40. The molecule has 196 valence electrons. The van der Waals surface area contributed by atoms with Gasteiger partial charge in [0.05, 0.1) is 29.2 Å². The summed E-state index contributed by atoms with van der Waals surface area (Å²) in [6.45, 7) is -0.179. The van der Waals surface area contributed by atoms with E-state index in [9.17, 15) is 31.6 Å². The van der Waals surface area contributed by atoms with Gasteiger partial charge in [0.25, 0.3) is 0 Å². The lowest BCUT2D eigenvalue weighted by atomic mass is 9.90. The molecule has 1 amide bonds. The second-order valence-corrected chi connectivity index (χ2v) is 12.0. The van der Waals surface area contributed by atoms with Crippen molar-refractivity contribution in [1.82, 2.24) is 20.1 Å². The molecule has 4 aliphatic rings. The van der Waals surface area contributed by atoms with Gasteiger partial charge in [-0.15, -0.1) is 0 Å². The molecule has 1 saturated carbocycles. The normalized spacial score (nSPS) is 30.4. The van der Waals surface area contributed by atoms with Gasteiger partial charge in [0, 0.05) is 37.4 Å². The minimum absolute atomic E-state index is 0.0219. The number of amides is 1. The number of carbonyl (C=O) groups excluding carboxylic acids is 1. The smallest absolute Gasteiger partial charge is 0.368 e. The first-order valence-electron chi connectivity index (χ1n) is 12.2. The second kappa shape index (κ2) is 9.48. The molecule has 4 fully saturated rings. The SMILES string of the molecule is N#CC[C@@H](C1CC1)N1NC(Nc2ccc(S(=O)(=O)N3CCC(C(F)(F)F)C3)cc2)C2C(=O)NCCC21. The van der Waals surface area contributed by atoms with Crippen LogP contribution in [0.1, 0.15) is 32.1 Å². The fourth-order valence-electron chi connectivity index (χ4n) is 5.63. The number of fused-ring (bicyclic) bond motifs is 1. The summed E-state index contributed by atoms with van der Waals surface area (Å²) >= 11 is 0. The second-order valence-electron chi connectivity index (χ2n) is 10.0. The van der Waals surface area contributed by atoms with E-state index < -0.39 is 40.7 Å². The molecule has 0 bridgehead atoms. The predicted octanol–water partition coefficient (Wildman–Crippen LogP) is 2.01. The third-order valence-corrected chi connectivity index (χ3v) is 9.59. The van der Waals surface area contributed by atoms with Crippen LogP contribution in [0.2, 0.25) is 0 Å². The minimum Gasteiger partial charge on any atom is -0.368 e. The van der Waals surface area contributed by atoms with E-state index in [1.165, 1.54) is 12.1 Å². The molecule has 0 aromatic heterocycles. The number of piperidine rings is 1. The van der Waals surface area contributed by atoms with E-state index in [0.717, 1.165) is 23.6 Å². The van der Waals surface area contributed by atoms with Crippen LogP contribution in [0.3, 0.4) is 0 Å². The van der Waals surface area contributed by atoms with Crippen LogP contribution < -0.4 is 16.1 Å². The topological polar surface area (TPSA) is 118 Å². The molecule has 1 aromatic carbocycles. The summed E-state index contributed by atoms with van der Waals surface area (Å²) in [6.07, 6.45) is -1.88. The number of anilines is 1. The number of nitriles is 1. The van der Waals surface area contributed by atoms with Gasteiger partial charge < -0.3 is 10.6 Å². The van der Waals surface area contributed by atoms with E-state index in [1.54, 1.807) is 12.1 Å². The Morgan fingerprint density at radius 2 is 1.89 bits per heavy atom. The molecule has 0 spiro atoms. The molecule has 3 saturated heterocycles. The summed E-state index contributed by atoms with van der Waals surface area (Å²) in [6, 6.07) is 8.07. The first-order valence-corrected chi connectivity index (χ1v) is 13.7. The maximum Gasteiger partial charge on any atom is 0.393 e. The number of rotatable bonds is 7. The number of benzene rings is 1. The van der Waals surface area contributed by atoms with E-state index >= 15 is 0 Å². The van der Waals surface area contributed by atoms with Gasteiger partial charge in [-0.05, 0) is 55.9 Å². The standard InChI is InChI=1S/C23H29F3N6O3S/c24-23(25,26)15-9-12-31(13-15)36(34,35)17-5-3-16(4-6-17)29-21-20-19(8-11-28-22(20)33)32(30-21)18(7-10-27)14-1-2-14/h3-6,14-15,18-21,29-30H,1-2,7-9,11-13H2,(H,28,33)/t15?,18-,19?,20?,21?/m0/s1. The van der Waals surface area contributed by atoms with Crippen LogP contribution in [0, 0.1) is 29.1 Å². The van der Waals surface area contributed by atoms with Gasteiger partial charge >= 0.3 is 6.18 Å². The lowest BCUT2D eigenvalue weighted by Gasteiger charge is -2.34. The Balaban J connectivity index is 1.30. The molecule has 5 rings (SSSR count). The monoisotopic (exact) mass is 526 g/mol. The number of hydrogen-bond donors (Lipinski definition) is 3. The Kier molecular flexibility index (Phi) is 6.65. The third-order valence-electron chi connectivity index (χ3n) is 7.71. The highest BCUT2D eigenvalue weighted by Gasteiger charge is 2.52. The lowest BCUT2D eigenvalue weighted by Crippen LogP contribution is -2.52. The van der Waals surface area contributed by atoms with E-state index in [2.05, 4.69) is 27.1 Å². The summed E-state index contributed by atoms with van der Waals surface area (Å²) in [5, 5.41) is 17.6. The highest BCUT2D eigenvalue weighted by atomic mass is 32.2. The molecule has 3 aliphatic heterocycles. The van der Waals surface area contributed by atoms with Gasteiger partial charge in [0.15, 0.2) is 0 Å². The summed E-state index contributed by atoms with van der Waals surface area (Å²) in [5.41, 5.74) is 3.98. The highest BCUT2D eigenvalue weighted by Crippen LogP contribution is 2.41. The van der Waals surface area contributed by atoms with Crippen molar-refractivity contribution >= 4 is 21.6 Å². The summed E-state index contributed by atoms with van der Waals surface area (Å²) in [4.78, 5) is 12.7. The minimum atomic E-state index is -4.42. The van der Waals surface area contributed by atoms with Crippen molar-refractivity contribution in [2.24, 2.45) is 17.8 Å². The quantitative estimate of drug-likeness (QED) is 0.498. The molecular weight excluding hydrogens is 497 g/mol. The fraction of sp³-hybridized carbons (Fsp3) is 0.652. The molecule has 5 atom stereocenters. The van der Waals surface area contributed by atoms with Crippen LogP contribution in [-0.2, 0) is 14.8 Å². The molecule has 3 heterocycles. The molecule has 3 N–H and O–H groups in total. The van der Waals surface area contributed by atoms with Crippen LogP contribution in [0.4, 0.5) is 18.9 Å². The van der Waals surface area contributed by atoms with Gasteiger partial charge in [-0.3, -0.25) is 4.79 Å². The van der Waals surface area contributed by atoms with Gasteiger partial charge in [-0.2, -0.15) is 22.7 Å². The lowest BCUT2D eigenvalue weighted by molar-refractivity contribution is -0.169.